The summed E-state index contributed by atoms with van der Waals surface area (Å²) in [6.45, 7) is 9.77. The number of nitrogens with one attached hydrogen (secondary N) is 2. The molecule has 3 N–H and O–H groups in total. The van der Waals surface area contributed by atoms with Crippen molar-refractivity contribution in [2.45, 2.75) is 109 Å². The quantitative estimate of drug-likeness (QED) is 0.372. The van der Waals surface area contributed by atoms with Crippen molar-refractivity contribution >= 4 is 23.9 Å². The highest BCUT2D eigenvalue weighted by atomic mass is 19.4. The Morgan fingerprint density at radius 2 is 1.61 bits per heavy atom. The van der Waals surface area contributed by atoms with E-state index in [0.717, 1.165) is 0 Å². The van der Waals surface area contributed by atoms with E-state index in [1.165, 1.54) is 9.80 Å². The van der Waals surface area contributed by atoms with Crippen molar-refractivity contribution in [3.8, 4) is 0 Å². The number of hydrogen-bond acceptors (Lipinski definition) is 6. The highest BCUT2D eigenvalue weighted by Gasteiger charge is 2.46. The van der Waals surface area contributed by atoms with E-state index in [1.54, 1.807) is 76.9 Å². The zero-order valence-corrected chi connectivity index (χ0v) is 27.5. The monoisotopic (exact) mass is 655 g/mol. The van der Waals surface area contributed by atoms with E-state index in [0.29, 0.717) is 37.9 Å². The summed E-state index contributed by atoms with van der Waals surface area (Å²) in [4.78, 5) is 57.2. The van der Waals surface area contributed by atoms with Crippen molar-refractivity contribution < 1.29 is 42.2 Å². The predicted molar refractivity (Wildman–Crippen MR) is 165 cm³/mol. The van der Waals surface area contributed by atoms with Crippen LogP contribution in [0.4, 0.5) is 22.8 Å². The van der Waals surface area contributed by atoms with Crippen LogP contribution in [0.2, 0.25) is 0 Å². The zero-order valence-electron chi connectivity index (χ0n) is 27.5. The molecule has 2 saturated heterocycles. The van der Waals surface area contributed by atoms with Gasteiger partial charge in [0, 0.05) is 32.7 Å². The highest BCUT2D eigenvalue weighted by Crippen LogP contribution is 2.26. The average Bonchev–Trinajstić information content (AvgIpc) is 3.48. The number of amides is 5. The summed E-state index contributed by atoms with van der Waals surface area (Å²) in [5, 5.41) is 15.2. The van der Waals surface area contributed by atoms with Crippen LogP contribution in [0.25, 0.3) is 0 Å². The number of alkyl halides is 3. The fourth-order valence-corrected chi connectivity index (χ4v) is 5.78. The number of halogens is 3. The van der Waals surface area contributed by atoms with Crippen LogP contribution in [0.1, 0.15) is 65.9 Å². The maximum atomic E-state index is 13.7. The number of nitrogens with zero attached hydrogens (tertiary/aromatic N) is 3. The molecule has 5 amide bonds. The van der Waals surface area contributed by atoms with Crippen LogP contribution in [0.15, 0.2) is 30.3 Å². The SMILES string of the molecule is CC(C)C(NC(=O)N1CCC(N(C)C(=O)OC(C)(C)C)CC1)C(=O)N1CCCC1C(=O)NC(Cc1ccccc1)C(O)C(F)(F)F. The molecule has 0 aromatic heterocycles. The van der Waals surface area contributed by atoms with E-state index in [1.807, 2.05) is 0 Å². The van der Waals surface area contributed by atoms with Gasteiger partial charge in [-0.05, 0) is 64.4 Å². The molecule has 4 atom stereocenters. The molecule has 0 bridgehead atoms. The van der Waals surface area contributed by atoms with Crippen LogP contribution in [0.3, 0.4) is 0 Å². The molecule has 11 nitrogen and oxygen atoms in total. The van der Waals surface area contributed by atoms with Crippen molar-refractivity contribution in [1.82, 2.24) is 25.3 Å². The molecule has 2 aliphatic rings. The lowest BCUT2D eigenvalue weighted by Crippen LogP contribution is -2.59. The van der Waals surface area contributed by atoms with Gasteiger partial charge in [-0.1, -0.05) is 44.2 Å². The lowest BCUT2D eigenvalue weighted by atomic mass is 9.99. The van der Waals surface area contributed by atoms with Gasteiger partial charge in [-0.3, -0.25) is 9.59 Å². The highest BCUT2D eigenvalue weighted by molar-refractivity contribution is 5.92. The van der Waals surface area contributed by atoms with Crippen LogP contribution in [-0.2, 0) is 20.7 Å². The molecule has 1 aromatic rings. The molecule has 1 aromatic carbocycles. The molecule has 2 aliphatic heterocycles. The molecular formula is C32H48F3N5O6. The lowest BCUT2D eigenvalue weighted by Gasteiger charge is -2.38. The lowest BCUT2D eigenvalue weighted by molar-refractivity contribution is -0.212. The van der Waals surface area contributed by atoms with Gasteiger partial charge >= 0.3 is 18.3 Å². The number of aliphatic hydroxyl groups is 1. The summed E-state index contributed by atoms with van der Waals surface area (Å²) in [5.41, 5.74) is -0.133. The van der Waals surface area contributed by atoms with Crippen LogP contribution in [0, 0.1) is 5.92 Å². The van der Waals surface area contributed by atoms with Gasteiger partial charge in [0.25, 0.3) is 0 Å². The maximum absolute atomic E-state index is 13.7. The second-order valence-corrected chi connectivity index (χ2v) is 13.5. The van der Waals surface area contributed by atoms with E-state index in [9.17, 15) is 37.5 Å². The number of piperidine rings is 1. The summed E-state index contributed by atoms with van der Waals surface area (Å²) in [6, 6.07) is 3.94. The third kappa shape index (κ3) is 9.97. The number of carbonyl (C=O) groups is 4. The first kappa shape index (κ1) is 36.9. The van der Waals surface area contributed by atoms with Gasteiger partial charge in [0.1, 0.15) is 17.7 Å². The van der Waals surface area contributed by atoms with Gasteiger partial charge in [0.15, 0.2) is 6.10 Å². The van der Waals surface area contributed by atoms with Crippen LogP contribution < -0.4 is 10.6 Å². The third-order valence-corrected chi connectivity index (χ3v) is 8.37. The summed E-state index contributed by atoms with van der Waals surface area (Å²) >= 11 is 0. The van der Waals surface area contributed by atoms with Crippen LogP contribution in [-0.4, -0.2) is 112 Å². The first-order valence-electron chi connectivity index (χ1n) is 15.8. The van der Waals surface area contributed by atoms with E-state index in [-0.39, 0.29) is 31.3 Å². The van der Waals surface area contributed by atoms with Crippen molar-refractivity contribution in [2.75, 3.05) is 26.7 Å². The summed E-state index contributed by atoms with van der Waals surface area (Å²) in [5.74, 6) is -1.65. The van der Waals surface area contributed by atoms with Crippen LogP contribution in [0.5, 0.6) is 0 Å². The standard InChI is InChI=1S/C32H48F3N5O6/c1-20(2)25(37-29(44)39-17-14-22(15-18-39)38(6)30(45)46-31(3,4)5)28(43)40-16-10-13-24(40)27(42)36-23(26(41)32(33,34)35)19-21-11-8-7-9-12-21/h7-9,11-12,20,22-26,41H,10,13-19H2,1-6H3,(H,36,42)(H,37,44). The first-order chi connectivity index (χ1) is 21.4. The van der Waals surface area contributed by atoms with Crippen molar-refractivity contribution in [1.29, 1.82) is 0 Å². The van der Waals surface area contributed by atoms with Gasteiger partial charge in [0.2, 0.25) is 11.8 Å². The third-order valence-electron chi connectivity index (χ3n) is 8.37. The van der Waals surface area contributed by atoms with Gasteiger partial charge in [-0.2, -0.15) is 13.2 Å². The molecule has 0 aliphatic carbocycles. The predicted octanol–water partition coefficient (Wildman–Crippen LogP) is 3.69. The van der Waals surface area contributed by atoms with Crippen molar-refractivity contribution in [2.24, 2.45) is 5.92 Å². The number of carbonyl (C=O) groups excluding carboxylic acids is 4. The van der Waals surface area contributed by atoms with Crippen LogP contribution >= 0.6 is 0 Å². The van der Waals surface area contributed by atoms with Gasteiger partial charge in [-0.25, -0.2) is 9.59 Å². The van der Waals surface area contributed by atoms with Crippen molar-refractivity contribution in [3.63, 3.8) is 0 Å². The molecule has 0 radical (unpaired) electrons. The number of benzene rings is 1. The molecule has 0 spiro atoms. The molecule has 46 heavy (non-hydrogen) atoms. The molecule has 14 heteroatoms. The summed E-state index contributed by atoms with van der Waals surface area (Å²) < 4.78 is 46.0. The minimum Gasteiger partial charge on any atom is -0.444 e. The molecule has 4 unspecified atom stereocenters. The Morgan fingerprint density at radius 3 is 2.15 bits per heavy atom. The average molecular weight is 656 g/mol. The zero-order chi connectivity index (χ0) is 34.4. The van der Waals surface area contributed by atoms with E-state index < -0.39 is 59.9 Å². The van der Waals surface area contributed by atoms with E-state index >= 15 is 0 Å². The molecule has 258 valence electrons. The van der Waals surface area contributed by atoms with Gasteiger partial charge in [0.05, 0.1) is 6.04 Å². The Balaban J connectivity index is 1.64. The number of rotatable bonds is 9. The molecule has 0 saturated carbocycles. The van der Waals surface area contributed by atoms with Gasteiger partial charge in [-0.15, -0.1) is 0 Å². The van der Waals surface area contributed by atoms with Gasteiger partial charge < -0.3 is 35.2 Å². The maximum Gasteiger partial charge on any atom is 0.416 e. The minimum absolute atomic E-state index is 0.119. The first-order valence-corrected chi connectivity index (χ1v) is 15.8. The fourth-order valence-electron chi connectivity index (χ4n) is 5.78. The Labute approximate surface area is 268 Å². The largest absolute Gasteiger partial charge is 0.444 e. The summed E-state index contributed by atoms with van der Waals surface area (Å²) in [7, 11) is 1.66. The number of ether oxygens (including phenoxy) is 1. The number of hydrogen-bond donors (Lipinski definition) is 3. The molecule has 2 heterocycles. The summed E-state index contributed by atoms with van der Waals surface area (Å²) in [6.07, 6.45) is -6.76. The minimum atomic E-state index is -4.97. The second-order valence-electron chi connectivity index (χ2n) is 13.5. The van der Waals surface area contributed by atoms with Crippen molar-refractivity contribution in [3.05, 3.63) is 35.9 Å². The second kappa shape index (κ2) is 15.4. The fraction of sp³-hybridized carbons (Fsp3) is 0.688. The Hall–Kier alpha value is -3.55. The smallest absolute Gasteiger partial charge is 0.416 e. The normalized spacial score (nSPS) is 19.8. The number of likely N-dealkylation sites (tertiary alicyclic amines) is 2. The number of aliphatic hydroxyl groups excluding tert-OH is 1. The number of urea groups is 1. The Morgan fingerprint density at radius 1 is 1.00 bits per heavy atom. The molecule has 3 rings (SSSR count). The van der Waals surface area contributed by atoms with E-state index in [2.05, 4.69) is 10.6 Å². The topological polar surface area (TPSA) is 132 Å². The molecule has 2 fully saturated rings. The Bertz CT molecular complexity index is 1200. The molecular weight excluding hydrogens is 607 g/mol. The Kier molecular flexibility index (Phi) is 12.3. The van der Waals surface area contributed by atoms with E-state index in [4.69, 9.17) is 4.74 Å².